The van der Waals surface area contributed by atoms with Gasteiger partial charge in [-0.05, 0) is 32.7 Å². The summed E-state index contributed by atoms with van der Waals surface area (Å²) in [6.45, 7) is 9.85. The molecule has 0 aromatic carbocycles. The Morgan fingerprint density at radius 3 is 2.14 bits per heavy atom. The summed E-state index contributed by atoms with van der Waals surface area (Å²) >= 11 is 3.54. The van der Waals surface area contributed by atoms with Crippen LogP contribution in [0.4, 0.5) is 0 Å². The zero-order valence-corrected chi connectivity index (χ0v) is 11.6. The topological polar surface area (TPSA) is 23.5 Å². The maximum Gasteiger partial charge on any atom is 0.0609 e. The Labute approximate surface area is 96.8 Å². The molecule has 0 spiro atoms. The minimum absolute atomic E-state index is 0.116. The monoisotopic (exact) mass is 265 g/mol. The fourth-order valence-electron chi connectivity index (χ4n) is 1.16. The van der Waals surface area contributed by atoms with Crippen molar-refractivity contribution in [3.05, 3.63) is 0 Å². The lowest BCUT2D eigenvalue weighted by Gasteiger charge is -2.37. The second-order valence-electron chi connectivity index (χ2n) is 5.01. The lowest BCUT2D eigenvalue weighted by molar-refractivity contribution is 0.0634. The van der Waals surface area contributed by atoms with E-state index in [1.54, 1.807) is 0 Å². The quantitative estimate of drug-likeness (QED) is 0.746. The third-order valence-corrected chi connectivity index (χ3v) is 3.90. The van der Waals surface area contributed by atoms with Crippen LogP contribution in [-0.4, -0.2) is 41.1 Å². The van der Waals surface area contributed by atoms with Crippen molar-refractivity contribution in [3.63, 3.8) is 0 Å². The smallest absolute Gasteiger partial charge is 0.0609 e. The molecule has 86 valence electrons. The highest BCUT2D eigenvalue weighted by atomic mass is 79.9. The van der Waals surface area contributed by atoms with Crippen LogP contribution in [0.15, 0.2) is 0 Å². The molecule has 0 saturated heterocycles. The van der Waals surface area contributed by atoms with Crippen LogP contribution in [0.2, 0.25) is 0 Å². The zero-order chi connectivity index (χ0) is 11.4. The van der Waals surface area contributed by atoms with Crippen molar-refractivity contribution >= 4 is 15.9 Å². The second-order valence-corrected chi connectivity index (χ2v) is 5.66. The van der Waals surface area contributed by atoms with E-state index in [-0.39, 0.29) is 12.1 Å². The van der Waals surface area contributed by atoms with Gasteiger partial charge in [-0.1, -0.05) is 29.8 Å². The molecule has 0 bridgehead atoms. The fourth-order valence-corrected chi connectivity index (χ4v) is 2.11. The van der Waals surface area contributed by atoms with Crippen LogP contribution in [0.5, 0.6) is 0 Å². The molecule has 0 saturated carbocycles. The zero-order valence-electron chi connectivity index (χ0n) is 10.0. The first kappa shape index (κ1) is 14.4. The molecule has 0 aliphatic rings. The van der Waals surface area contributed by atoms with E-state index in [2.05, 4.69) is 55.6 Å². The molecular weight excluding hydrogens is 242 g/mol. The van der Waals surface area contributed by atoms with Crippen LogP contribution in [0.25, 0.3) is 0 Å². The average molecular weight is 266 g/mol. The molecule has 3 heteroatoms. The number of rotatable bonds is 6. The number of hydrogen-bond acceptors (Lipinski definition) is 2. The van der Waals surface area contributed by atoms with Crippen LogP contribution in [0, 0.1) is 11.8 Å². The number of halogens is 1. The number of aliphatic hydroxyl groups excluding tert-OH is 1. The molecule has 1 unspecified atom stereocenters. The van der Waals surface area contributed by atoms with Gasteiger partial charge in [-0.25, -0.2) is 0 Å². The molecule has 0 aromatic heterocycles. The molecule has 0 radical (unpaired) electrons. The van der Waals surface area contributed by atoms with Crippen LogP contribution < -0.4 is 0 Å². The van der Waals surface area contributed by atoms with Gasteiger partial charge in [0.25, 0.3) is 0 Å². The van der Waals surface area contributed by atoms with Gasteiger partial charge >= 0.3 is 0 Å². The normalized spacial score (nSPS) is 15.2. The van der Waals surface area contributed by atoms with Crippen LogP contribution in [-0.2, 0) is 0 Å². The summed E-state index contributed by atoms with van der Waals surface area (Å²) in [5, 5.41) is 10.3. The van der Waals surface area contributed by atoms with Gasteiger partial charge in [-0.15, -0.1) is 0 Å². The van der Waals surface area contributed by atoms with Crippen molar-refractivity contribution in [3.8, 4) is 0 Å². The number of aliphatic hydroxyl groups is 1. The third-order valence-electron chi connectivity index (χ3n) is 3.07. The van der Waals surface area contributed by atoms with E-state index >= 15 is 0 Å². The molecule has 0 fully saturated rings. The standard InChI is InChI=1S/C11H24BrNO/c1-9(2)10(6-12)7-13(5)11(3,4)8-14/h9-10,14H,6-8H2,1-5H3. The Bertz CT molecular complexity index is 159. The third kappa shape index (κ3) is 4.28. The fraction of sp³-hybridized carbons (Fsp3) is 1.00. The van der Waals surface area contributed by atoms with Crippen molar-refractivity contribution in [1.29, 1.82) is 0 Å². The first-order valence-electron chi connectivity index (χ1n) is 5.23. The van der Waals surface area contributed by atoms with Gasteiger partial charge in [0.2, 0.25) is 0 Å². The van der Waals surface area contributed by atoms with E-state index < -0.39 is 0 Å². The predicted molar refractivity (Wildman–Crippen MR) is 65.9 cm³/mol. The van der Waals surface area contributed by atoms with Gasteiger partial charge in [0.05, 0.1) is 6.61 Å². The Balaban J connectivity index is 4.21. The highest BCUT2D eigenvalue weighted by Crippen LogP contribution is 2.19. The van der Waals surface area contributed by atoms with E-state index in [1.807, 2.05) is 0 Å². The summed E-state index contributed by atoms with van der Waals surface area (Å²) < 4.78 is 0. The van der Waals surface area contributed by atoms with Crippen molar-refractivity contribution < 1.29 is 5.11 Å². The first-order chi connectivity index (χ1) is 6.35. The molecule has 1 atom stereocenters. The minimum Gasteiger partial charge on any atom is -0.394 e. The summed E-state index contributed by atoms with van der Waals surface area (Å²) in [7, 11) is 2.08. The maximum absolute atomic E-state index is 9.24. The first-order valence-corrected chi connectivity index (χ1v) is 6.35. The molecule has 1 N–H and O–H groups in total. The molecule has 0 amide bonds. The van der Waals surface area contributed by atoms with Gasteiger partial charge in [0.1, 0.15) is 0 Å². The van der Waals surface area contributed by atoms with Crippen molar-refractivity contribution in [2.24, 2.45) is 11.8 Å². The van der Waals surface area contributed by atoms with Crippen LogP contribution in [0.1, 0.15) is 27.7 Å². The molecular formula is C11H24BrNO. The van der Waals surface area contributed by atoms with E-state index in [0.717, 1.165) is 11.9 Å². The summed E-state index contributed by atoms with van der Waals surface area (Å²) in [5.74, 6) is 1.32. The molecule has 14 heavy (non-hydrogen) atoms. The van der Waals surface area contributed by atoms with Crippen molar-refractivity contribution in [1.82, 2.24) is 4.90 Å². The Morgan fingerprint density at radius 2 is 1.86 bits per heavy atom. The molecule has 0 rings (SSSR count). The summed E-state index contributed by atoms with van der Waals surface area (Å²) in [5.41, 5.74) is -0.116. The van der Waals surface area contributed by atoms with Gasteiger partial charge < -0.3 is 5.11 Å². The molecule has 2 nitrogen and oxygen atoms in total. The van der Waals surface area contributed by atoms with Crippen LogP contribution in [0.3, 0.4) is 0 Å². The number of likely N-dealkylation sites (N-methyl/N-ethyl adjacent to an activating group) is 1. The summed E-state index contributed by atoms with van der Waals surface area (Å²) in [6.07, 6.45) is 0. The highest BCUT2D eigenvalue weighted by molar-refractivity contribution is 9.09. The SMILES string of the molecule is CC(C)C(CBr)CN(C)C(C)(C)CO. The Kier molecular flexibility index (Phi) is 6.26. The van der Waals surface area contributed by atoms with Crippen molar-refractivity contribution in [2.75, 3.05) is 25.5 Å². The highest BCUT2D eigenvalue weighted by Gasteiger charge is 2.25. The van der Waals surface area contributed by atoms with E-state index in [1.165, 1.54) is 0 Å². The number of hydrogen-bond donors (Lipinski definition) is 1. The second kappa shape index (κ2) is 6.09. The van der Waals surface area contributed by atoms with E-state index in [0.29, 0.717) is 11.8 Å². The van der Waals surface area contributed by atoms with E-state index in [4.69, 9.17) is 0 Å². The lowest BCUT2D eigenvalue weighted by atomic mass is 9.95. The van der Waals surface area contributed by atoms with E-state index in [9.17, 15) is 5.11 Å². The largest absolute Gasteiger partial charge is 0.394 e. The van der Waals surface area contributed by atoms with Crippen LogP contribution >= 0.6 is 15.9 Å². The summed E-state index contributed by atoms with van der Waals surface area (Å²) in [4.78, 5) is 2.24. The number of alkyl halides is 1. The number of nitrogens with zero attached hydrogens (tertiary/aromatic N) is 1. The summed E-state index contributed by atoms with van der Waals surface area (Å²) in [6, 6.07) is 0. The molecule has 0 aromatic rings. The van der Waals surface area contributed by atoms with Gasteiger partial charge in [0.15, 0.2) is 0 Å². The average Bonchev–Trinajstić information content (AvgIpc) is 2.12. The Morgan fingerprint density at radius 1 is 1.36 bits per heavy atom. The molecule has 0 aliphatic heterocycles. The van der Waals surface area contributed by atoms with Gasteiger partial charge in [-0.3, -0.25) is 4.90 Å². The Hall–Kier alpha value is 0.400. The molecule has 0 heterocycles. The van der Waals surface area contributed by atoms with Gasteiger partial charge in [0, 0.05) is 17.4 Å². The van der Waals surface area contributed by atoms with Gasteiger partial charge in [-0.2, -0.15) is 0 Å². The minimum atomic E-state index is -0.116. The van der Waals surface area contributed by atoms with Crippen molar-refractivity contribution in [2.45, 2.75) is 33.2 Å². The molecule has 0 aliphatic carbocycles. The maximum atomic E-state index is 9.24. The lowest BCUT2D eigenvalue weighted by Crippen LogP contribution is -2.47. The predicted octanol–water partition coefficient (Wildman–Crippen LogP) is 2.36.